The standard InChI is InChI=1S/C21H27ClFN5O/c1-21(2,3)28-20(27-19(29)14-7-5-9-16(23)11-14)26-18(25)12-17(24)13-6-4-8-15(22)10-13/h4-11,17-18H,12,24-25H2,1-3H3,(H2,26,27,28,29). The number of nitrogens with one attached hydrogen (secondary N) is 2. The fraction of sp³-hybridized carbons (Fsp3) is 0.333. The lowest BCUT2D eigenvalue weighted by atomic mass is 10.0. The molecule has 0 spiro atoms. The zero-order valence-electron chi connectivity index (χ0n) is 16.7. The minimum atomic E-state index is -0.588. The first-order valence-corrected chi connectivity index (χ1v) is 9.61. The van der Waals surface area contributed by atoms with Crippen LogP contribution in [0.2, 0.25) is 5.02 Å². The van der Waals surface area contributed by atoms with Gasteiger partial charge in [-0.2, -0.15) is 4.99 Å². The van der Waals surface area contributed by atoms with Gasteiger partial charge in [-0.25, -0.2) is 4.39 Å². The molecule has 156 valence electrons. The fourth-order valence-electron chi connectivity index (χ4n) is 2.62. The molecule has 0 radical (unpaired) electrons. The molecule has 6 N–H and O–H groups in total. The van der Waals surface area contributed by atoms with Gasteiger partial charge in [0.2, 0.25) is 5.96 Å². The van der Waals surface area contributed by atoms with Gasteiger partial charge in [-0.1, -0.05) is 29.8 Å². The molecule has 0 bridgehead atoms. The number of benzene rings is 2. The van der Waals surface area contributed by atoms with Crippen molar-refractivity contribution in [1.82, 2.24) is 10.6 Å². The van der Waals surface area contributed by atoms with E-state index in [1.54, 1.807) is 12.1 Å². The summed E-state index contributed by atoms with van der Waals surface area (Å²) in [6.07, 6.45) is -0.211. The molecule has 6 nitrogen and oxygen atoms in total. The highest BCUT2D eigenvalue weighted by Crippen LogP contribution is 2.19. The van der Waals surface area contributed by atoms with E-state index in [0.29, 0.717) is 11.4 Å². The van der Waals surface area contributed by atoms with Crippen LogP contribution >= 0.6 is 11.6 Å². The van der Waals surface area contributed by atoms with E-state index in [-0.39, 0.29) is 23.1 Å². The topological polar surface area (TPSA) is 106 Å². The van der Waals surface area contributed by atoms with Crippen molar-refractivity contribution in [3.8, 4) is 0 Å². The van der Waals surface area contributed by atoms with E-state index in [1.165, 1.54) is 18.2 Å². The first kappa shape index (κ1) is 22.8. The van der Waals surface area contributed by atoms with Gasteiger partial charge < -0.3 is 22.1 Å². The number of hydrogen-bond donors (Lipinski definition) is 4. The highest BCUT2D eigenvalue weighted by atomic mass is 35.5. The van der Waals surface area contributed by atoms with Crippen LogP contribution in [0.3, 0.4) is 0 Å². The summed E-state index contributed by atoms with van der Waals surface area (Å²) in [6.45, 7) is 5.75. The van der Waals surface area contributed by atoms with Crippen LogP contribution in [0.4, 0.5) is 4.39 Å². The van der Waals surface area contributed by atoms with E-state index in [1.807, 2.05) is 32.9 Å². The zero-order valence-corrected chi connectivity index (χ0v) is 17.5. The summed E-state index contributed by atoms with van der Waals surface area (Å²) in [5, 5.41) is 6.69. The average molecular weight is 420 g/mol. The van der Waals surface area contributed by atoms with Crippen LogP contribution in [-0.4, -0.2) is 23.6 Å². The Morgan fingerprint density at radius 2 is 1.86 bits per heavy atom. The second-order valence-corrected chi connectivity index (χ2v) is 8.24. The predicted octanol–water partition coefficient (Wildman–Crippen LogP) is 3.33. The maximum atomic E-state index is 13.4. The van der Waals surface area contributed by atoms with Gasteiger partial charge in [0.15, 0.2) is 0 Å². The molecule has 8 heteroatoms. The van der Waals surface area contributed by atoms with Gasteiger partial charge in [0.25, 0.3) is 5.91 Å². The Bertz CT molecular complexity index is 881. The van der Waals surface area contributed by atoms with Crippen LogP contribution in [-0.2, 0) is 0 Å². The Labute approximate surface area is 175 Å². The summed E-state index contributed by atoms with van der Waals surface area (Å²) in [7, 11) is 0. The second-order valence-electron chi connectivity index (χ2n) is 7.80. The SMILES string of the molecule is CC(C)(C)N/C(=N/C(=O)c1cccc(F)c1)NC(N)CC(N)c1cccc(Cl)c1. The molecule has 1 amide bonds. The maximum Gasteiger partial charge on any atom is 0.280 e. The van der Waals surface area contributed by atoms with Crippen molar-refractivity contribution in [2.24, 2.45) is 16.5 Å². The fourth-order valence-corrected chi connectivity index (χ4v) is 2.82. The highest BCUT2D eigenvalue weighted by molar-refractivity contribution is 6.30. The minimum Gasteiger partial charge on any atom is -0.351 e. The van der Waals surface area contributed by atoms with E-state index in [4.69, 9.17) is 23.1 Å². The summed E-state index contributed by atoms with van der Waals surface area (Å²) in [5.41, 5.74) is 13.0. The van der Waals surface area contributed by atoms with Gasteiger partial charge in [0.05, 0.1) is 6.17 Å². The second kappa shape index (κ2) is 9.82. The van der Waals surface area contributed by atoms with Crippen molar-refractivity contribution in [2.45, 2.75) is 44.9 Å². The van der Waals surface area contributed by atoms with Gasteiger partial charge in [-0.05, 0) is 63.1 Å². The van der Waals surface area contributed by atoms with Crippen molar-refractivity contribution < 1.29 is 9.18 Å². The van der Waals surface area contributed by atoms with Gasteiger partial charge in [-0.3, -0.25) is 4.79 Å². The number of amides is 1. The molecule has 2 unspecified atom stereocenters. The van der Waals surface area contributed by atoms with Crippen LogP contribution in [0.1, 0.15) is 49.2 Å². The molecule has 0 fully saturated rings. The number of rotatable bonds is 5. The van der Waals surface area contributed by atoms with Crippen molar-refractivity contribution in [3.63, 3.8) is 0 Å². The number of carbonyl (C=O) groups is 1. The molecule has 2 rings (SSSR count). The Balaban J connectivity index is 2.13. The van der Waals surface area contributed by atoms with Crippen LogP contribution < -0.4 is 22.1 Å². The molecule has 0 aromatic heterocycles. The van der Waals surface area contributed by atoms with Crippen molar-refractivity contribution in [1.29, 1.82) is 0 Å². The quantitative estimate of drug-likeness (QED) is 0.338. The monoisotopic (exact) mass is 419 g/mol. The molecule has 2 aromatic rings. The molecule has 0 saturated carbocycles. The molecule has 0 aliphatic rings. The summed E-state index contributed by atoms with van der Waals surface area (Å²) in [6, 6.07) is 12.3. The van der Waals surface area contributed by atoms with E-state index in [9.17, 15) is 9.18 Å². The normalized spacial score (nSPS) is 14.2. The molecule has 0 heterocycles. The molecule has 0 aliphatic carbocycles. The third-order valence-electron chi connectivity index (χ3n) is 3.89. The number of aliphatic imine (C=N–C) groups is 1. The summed E-state index contributed by atoms with van der Waals surface area (Å²) in [4.78, 5) is 16.5. The number of nitrogens with zero attached hydrogens (tertiary/aromatic N) is 1. The Hall–Kier alpha value is -2.48. The van der Waals surface area contributed by atoms with Crippen LogP contribution in [0.15, 0.2) is 53.5 Å². The lowest BCUT2D eigenvalue weighted by Gasteiger charge is -2.27. The van der Waals surface area contributed by atoms with E-state index >= 15 is 0 Å². The summed E-state index contributed by atoms with van der Waals surface area (Å²) >= 11 is 6.01. The summed E-state index contributed by atoms with van der Waals surface area (Å²) in [5.74, 6) is -0.902. The van der Waals surface area contributed by atoms with Crippen LogP contribution in [0, 0.1) is 5.82 Å². The lowest BCUT2D eigenvalue weighted by Crippen LogP contribution is -2.54. The first-order valence-electron chi connectivity index (χ1n) is 9.23. The van der Waals surface area contributed by atoms with Crippen molar-refractivity contribution in [2.75, 3.05) is 0 Å². The largest absolute Gasteiger partial charge is 0.351 e. The Morgan fingerprint density at radius 1 is 1.17 bits per heavy atom. The van der Waals surface area contributed by atoms with Gasteiger partial charge in [0.1, 0.15) is 5.82 Å². The number of carbonyl (C=O) groups excluding carboxylic acids is 1. The van der Waals surface area contributed by atoms with Crippen molar-refractivity contribution >= 4 is 23.5 Å². The van der Waals surface area contributed by atoms with E-state index < -0.39 is 17.9 Å². The summed E-state index contributed by atoms with van der Waals surface area (Å²) < 4.78 is 13.4. The zero-order chi connectivity index (χ0) is 21.6. The van der Waals surface area contributed by atoms with E-state index in [2.05, 4.69) is 15.6 Å². The molecular weight excluding hydrogens is 393 g/mol. The van der Waals surface area contributed by atoms with Gasteiger partial charge >= 0.3 is 0 Å². The number of halogens is 2. The molecule has 2 aromatic carbocycles. The third-order valence-corrected chi connectivity index (χ3v) is 4.12. The highest BCUT2D eigenvalue weighted by Gasteiger charge is 2.18. The first-order chi connectivity index (χ1) is 13.5. The molecule has 0 saturated heterocycles. The third kappa shape index (κ3) is 7.81. The average Bonchev–Trinajstić information content (AvgIpc) is 2.60. The molecular formula is C21H27ClFN5O. The number of guanidine groups is 1. The van der Waals surface area contributed by atoms with Crippen molar-refractivity contribution in [3.05, 3.63) is 70.5 Å². The van der Waals surface area contributed by atoms with Crippen LogP contribution in [0.5, 0.6) is 0 Å². The van der Waals surface area contributed by atoms with Gasteiger partial charge in [0, 0.05) is 22.2 Å². The predicted molar refractivity (Wildman–Crippen MR) is 115 cm³/mol. The molecule has 0 aliphatic heterocycles. The molecule has 2 atom stereocenters. The van der Waals surface area contributed by atoms with E-state index in [0.717, 1.165) is 11.6 Å². The number of hydrogen-bond acceptors (Lipinski definition) is 3. The minimum absolute atomic E-state index is 0.143. The Morgan fingerprint density at radius 3 is 2.48 bits per heavy atom. The maximum absolute atomic E-state index is 13.4. The lowest BCUT2D eigenvalue weighted by molar-refractivity contribution is 0.100. The van der Waals surface area contributed by atoms with Gasteiger partial charge in [-0.15, -0.1) is 0 Å². The Kier molecular flexibility index (Phi) is 7.73. The molecule has 29 heavy (non-hydrogen) atoms. The smallest absolute Gasteiger partial charge is 0.280 e. The van der Waals surface area contributed by atoms with Crippen LogP contribution in [0.25, 0.3) is 0 Å². The number of nitrogens with two attached hydrogens (primary N) is 2.